The van der Waals surface area contributed by atoms with Gasteiger partial charge in [-0.05, 0) is 30.7 Å². The van der Waals surface area contributed by atoms with E-state index in [9.17, 15) is 4.79 Å². The lowest BCUT2D eigenvalue weighted by Crippen LogP contribution is -2.10. The van der Waals surface area contributed by atoms with Gasteiger partial charge in [0.25, 0.3) is 0 Å². The van der Waals surface area contributed by atoms with Crippen molar-refractivity contribution in [2.24, 2.45) is 0 Å². The molecule has 0 aliphatic rings. The van der Waals surface area contributed by atoms with Crippen molar-refractivity contribution in [2.45, 2.75) is 17.8 Å². The molecule has 6 heteroatoms. The number of carbonyl (C=O) groups is 1. The molecule has 0 spiro atoms. The Kier molecular flexibility index (Phi) is 4.34. The summed E-state index contributed by atoms with van der Waals surface area (Å²) >= 11 is 1.52. The van der Waals surface area contributed by atoms with Gasteiger partial charge in [0, 0.05) is 11.1 Å². The molecular formula is C20H17N3O2S. The van der Waals surface area contributed by atoms with Gasteiger partial charge in [0.05, 0.1) is 34.9 Å². The standard InChI is InChI=1S/C20H17N3O2S/c1-12-13-7-3-4-8-14(13)21-17(18(12)19(24)25-2)11-26-20-22-15-9-5-6-10-16(15)23-20/h3-10H,11H2,1-2H3,(H,22,23). The number of hydrogen-bond donors (Lipinski definition) is 1. The van der Waals surface area contributed by atoms with E-state index in [1.807, 2.05) is 55.5 Å². The van der Waals surface area contributed by atoms with Crippen molar-refractivity contribution in [3.63, 3.8) is 0 Å². The van der Waals surface area contributed by atoms with Crippen LogP contribution in [0.2, 0.25) is 0 Å². The van der Waals surface area contributed by atoms with Crippen molar-refractivity contribution in [2.75, 3.05) is 7.11 Å². The quantitative estimate of drug-likeness (QED) is 0.427. The highest BCUT2D eigenvalue weighted by atomic mass is 32.2. The Morgan fingerprint density at radius 3 is 2.58 bits per heavy atom. The van der Waals surface area contributed by atoms with Gasteiger partial charge in [-0.15, -0.1) is 0 Å². The second-order valence-corrected chi connectivity index (χ2v) is 6.88. The number of benzene rings is 2. The van der Waals surface area contributed by atoms with E-state index in [1.54, 1.807) is 0 Å². The fraction of sp³-hybridized carbons (Fsp3) is 0.150. The molecule has 26 heavy (non-hydrogen) atoms. The lowest BCUT2D eigenvalue weighted by Gasteiger charge is -2.12. The number of pyridine rings is 1. The topological polar surface area (TPSA) is 67.9 Å². The fourth-order valence-electron chi connectivity index (χ4n) is 3.05. The van der Waals surface area contributed by atoms with E-state index in [1.165, 1.54) is 18.9 Å². The summed E-state index contributed by atoms with van der Waals surface area (Å²) in [5.74, 6) is 0.164. The molecule has 0 saturated carbocycles. The first-order chi connectivity index (χ1) is 12.7. The summed E-state index contributed by atoms with van der Waals surface area (Å²) in [5.41, 5.74) is 4.92. The highest BCUT2D eigenvalue weighted by Gasteiger charge is 2.19. The molecule has 0 amide bonds. The first-order valence-corrected chi connectivity index (χ1v) is 9.20. The average Bonchev–Trinajstić information content (AvgIpc) is 3.09. The zero-order valence-electron chi connectivity index (χ0n) is 14.4. The van der Waals surface area contributed by atoms with Crippen LogP contribution in [0, 0.1) is 6.92 Å². The Bertz CT molecular complexity index is 1090. The van der Waals surface area contributed by atoms with E-state index < -0.39 is 0 Å². The number of aromatic amines is 1. The zero-order valence-corrected chi connectivity index (χ0v) is 15.3. The van der Waals surface area contributed by atoms with Crippen LogP contribution in [0.3, 0.4) is 0 Å². The Hall–Kier alpha value is -2.86. The van der Waals surface area contributed by atoms with Crippen LogP contribution in [0.5, 0.6) is 0 Å². The molecule has 5 nitrogen and oxygen atoms in total. The van der Waals surface area contributed by atoms with E-state index in [-0.39, 0.29) is 5.97 Å². The Morgan fingerprint density at radius 2 is 1.81 bits per heavy atom. The molecule has 2 aromatic heterocycles. The van der Waals surface area contributed by atoms with Crippen LogP contribution in [0.15, 0.2) is 53.7 Å². The number of para-hydroxylation sites is 3. The molecule has 0 fully saturated rings. The molecule has 2 aromatic carbocycles. The number of ether oxygens (including phenoxy) is 1. The number of H-pyrrole nitrogens is 1. The molecule has 4 aromatic rings. The highest BCUT2D eigenvalue weighted by Crippen LogP contribution is 2.28. The predicted molar refractivity (Wildman–Crippen MR) is 103 cm³/mol. The summed E-state index contributed by atoms with van der Waals surface area (Å²) in [5, 5.41) is 1.76. The number of thioether (sulfide) groups is 1. The van der Waals surface area contributed by atoms with Crippen LogP contribution < -0.4 is 0 Å². The summed E-state index contributed by atoms with van der Waals surface area (Å²) in [6.07, 6.45) is 0. The molecule has 0 aliphatic carbocycles. The smallest absolute Gasteiger partial charge is 0.340 e. The van der Waals surface area contributed by atoms with E-state index in [2.05, 4.69) is 9.97 Å². The monoisotopic (exact) mass is 363 g/mol. The second kappa shape index (κ2) is 6.80. The summed E-state index contributed by atoms with van der Waals surface area (Å²) in [6, 6.07) is 15.7. The van der Waals surface area contributed by atoms with Gasteiger partial charge in [-0.3, -0.25) is 4.98 Å². The van der Waals surface area contributed by atoms with Gasteiger partial charge in [-0.2, -0.15) is 0 Å². The lowest BCUT2D eigenvalue weighted by molar-refractivity contribution is 0.0598. The summed E-state index contributed by atoms with van der Waals surface area (Å²) < 4.78 is 5.00. The van der Waals surface area contributed by atoms with Gasteiger partial charge in [-0.25, -0.2) is 9.78 Å². The van der Waals surface area contributed by atoms with Crippen molar-refractivity contribution in [3.8, 4) is 0 Å². The molecule has 0 saturated heterocycles. The second-order valence-electron chi connectivity index (χ2n) is 5.92. The number of nitrogens with one attached hydrogen (secondary N) is 1. The van der Waals surface area contributed by atoms with E-state index >= 15 is 0 Å². The van der Waals surface area contributed by atoms with Crippen molar-refractivity contribution in [1.29, 1.82) is 0 Å². The van der Waals surface area contributed by atoms with Gasteiger partial charge in [0.15, 0.2) is 5.16 Å². The number of methoxy groups -OCH3 is 1. The molecule has 0 aliphatic heterocycles. The molecule has 0 bridgehead atoms. The van der Waals surface area contributed by atoms with Crippen molar-refractivity contribution in [3.05, 3.63) is 65.4 Å². The number of nitrogens with zero attached hydrogens (tertiary/aromatic N) is 2. The third-order valence-corrected chi connectivity index (χ3v) is 5.21. The SMILES string of the molecule is COC(=O)c1c(CSc2nc3ccccc3[nH]2)nc2ccccc2c1C. The minimum atomic E-state index is -0.360. The first-order valence-electron chi connectivity index (χ1n) is 8.21. The summed E-state index contributed by atoms with van der Waals surface area (Å²) in [4.78, 5) is 24.9. The van der Waals surface area contributed by atoms with Crippen LogP contribution in [0.25, 0.3) is 21.9 Å². The minimum absolute atomic E-state index is 0.360. The number of esters is 1. The van der Waals surface area contributed by atoms with Crippen LogP contribution in [0.4, 0.5) is 0 Å². The Balaban J connectivity index is 1.73. The molecule has 2 heterocycles. The van der Waals surface area contributed by atoms with Gasteiger partial charge in [0.2, 0.25) is 0 Å². The molecule has 1 N–H and O–H groups in total. The number of fused-ring (bicyclic) bond motifs is 2. The Morgan fingerprint density at radius 1 is 1.08 bits per heavy atom. The van der Waals surface area contributed by atoms with Gasteiger partial charge in [0.1, 0.15) is 0 Å². The number of aryl methyl sites for hydroxylation is 1. The molecule has 0 atom stereocenters. The number of carbonyl (C=O) groups excluding carboxylic acids is 1. The van der Waals surface area contributed by atoms with Gasteiger partial charge >= 0.3 is 5.97 Å². The summed E-state index contributed by atoms with van der Waals surface area (Å²) in [6.45, 7) is 1.94. The molecule has 0 radical (unpaired) electrons. The minimum Gasteiger partial charge on any atom is -0.465 e. The van der Waals surface area contributed by atoms with Crippen molar-refractivity contribution < 1.29 is 9.53 Å². The maximum Gasteiger partial charge on any atom is 0.340 e. The molecular weight excluding hydrogens is 346 g/mol. The van der Waals surface area contributed by atoms with E-state index in [0.29, 0.717) is 17.0 Å². The van der Waals surface area contributed by atoms with E-state index in [4.69, 9.17) is 9.72 Å². The number of imidazole rings is 1. The van der Waals surface area contributed by atoms with Gasteiger partial charge in [-0.1, -0.05) is 42.1 Å². The van der Waals surface area contributed by atoms with Crippen LogP contribution in [-0.2, 0) is 10.5 Å². The molecule has 0 unspecified atom stereocenters. The van der Waals surface area contributed by atoms with E-state index in [0.717, 1.165) is 32.7 Å². The maximum absolute atomic E-state index is 12.4. The normalized spacial score (nSPS) is 11.2. The van der Waals surface area contributed by atoms with Crippen molar-refractivity contribution >= 4 is 39.7 Å². The largest absolute Gasteiger partial charge is 0.465 e. The number of rotatable bonds is 4. The van der Waals surface area contributed by atoms with Crippen LogP contribution in [-0.4, -0.2) is 28.0 Å². The molecule has 4 rings (SSSR count). The predicted octanol–water partition coefficient (Wildman–Crippen LogP) is 4.50. The van der Waals surface area contributed by atoms with Crippen molar-refractivity contribution in [1.82, 2.24) is 15.0 Å². The zero-order chi connectivity index (χ0) is 18.1. The average molecular weight is 363 g/mol. The first kappa shape index (κ1) is 16.6. The van der Waals surface area contributed by atoms with Gasteiger partial charge < -0.3 is 9.72 Å². The lowest BCUT2D eigenvalue weighted by atomic mass is 10.0. The highest BCUT2D eigenvalue weighted by molar-refractivity contribution is 7.98. The van der Waals surface area contributed by atoms with Crippen LogP contribution >= 0.6 is 11.8 Å². The van der Waals surface area contributed by atoms with Crippen LogP contribution in [0.1, 0.15) is 21.6 Å². The maximum atomic E-state index is 12.4. The number of aromatic nitrogens is 3. The summed E-state index contributed by atoms with van der Waals surface area (Å²) in [7, 11) is 1.40. The number of hydrogen-bond acceptors (Lipinski definition) is 5. The third kappa shape index (κ3) is 2.93. The fourth-order valence-corrected chi connectivity index (χ4v) is 3.88. The Labute approximate surface area is 154 Å². The third-order valence-electron chi connectivity index (χ3n) is 4.33. The molecule has 130 valence electrons.